The number of hydrogen-bond donors (Lipinski definition) is 0. The molecule has 0 saturated carbocycles. The summed E-state index contributed by atoms with van der Waals surface area (Å²) in [6.07, 6.45) is 0. The SMILES string of the molecule is CCOc1ccc2c(=O)c(-c3ccc(OC)cc3)c(C)oc2c1. The Balaban J connectivity index is 2.17. The second-order valence-corrected chi connectivity index (χ2v) is 5.18. The van der Waals surface area contributed by atoms with Gasteiger partial charge in [0.05, 0.1) is 24.7 Å². The van der Waals surface area contributed by atoms with Gasteiger partial charge in [-0.15, -0.1) is 0 Å². The second kappa shape index (κ2) is 6.16. The minimum atomic E-state index is -0.0445. The van der Waals surface area contributed by atoms with Crippen LogP contribution < -0.4 is 14.9 Å². The van der Waals surface area contributed by atoms with E-state index < -0.39 is 0 Å². The van der Waals surface area contributed by atoms with Gasteiger partial charge < -0.3 is 13.9 Å². The second-order valence-electron chi connectivity index (χ2n) is 5.18. The van der Waals surface area contributed by atoms with Crippen LogP contribution in [0, 0.1) is 6.92 Å². The van der Waals surface area contributed by atoms with E-state index in [1.807, 2.05) is 31.2 Å². The van der Waals surface area contributed by atoms with E-state index in [0.717, 1.165) is 11.3 Å². The van der Waals surface area contributed by atoms with Gasteiger partial charge in [0, 0.05) is 6.07 Å². The molecule has 4 heteroatoms. The Kier molecular flexibility index (Phi) is 4.06. The van der Waals surface area contributed by atoms with Gasteiger partial charge >= 0.3 is 0 Å². The molecule has 118 valence electrons. The Morgan fingerprint density at radius 3 is 2.39 bits per heavy atom. The van der Waals surface area contributed by atoms with Crippen molar-refractivity contribution in [1.82, 2.24) is 0 Å². The monoisotopic (exact) mass is 310 g/mol. The number of hydrogen-bond acceptors (Lipinski definition) is 4. The van der Waals surface area contributed by atoms with Gasteiger partial charge in [0.2, 0.25) is 5.43 Å². The molecule has 0 unspecified atom stereocenters. The molecular weight excluding hydrogens is 292 g/mol. The highest BCUT2D eigenvalue weighted by Gasteiger charge is 2.14. The molecule has 0 radical (unpaired) electrons. The third-order valence-corrected chi connectivity index (χ3v) is 3.73. The highest BCUT2D eigenvalue weighted by Crippen LogP contribution is 2.27. The summed E-state index contributed by atoms with van der Waals surface area (Å²) < 4.78 is 16.5. The zero-order valence-corrected chi connectivity index (χ0v) is 13.4. The summed E-state index contributed by atoms with van der Waals surface area (Å²) in [5.41, 5.74) is 1.88. The van der Waals surface area contributed by atoms with Crippen molar-refractivity contribution < 1.29 is 13.9 Å². The summed E-state index contributed by atoms with van der Waals surface area (Å²) in [7, 11) is 1.61. The fourth-order valence-corrected chi connectivity index (χ4v) is 2.63. The number of rotatable bonds is 4. The van der Waals surface area contributed by atoms with Crippen LogP contribution in [0.1, 0.15) is 12.7 Å². The number of ether oxygens (including phenoxy) is 2. The van der Waals surface area contributed by atoms with Crippen LogP contribution in [0.15, 0.2) is 51.7 Å². The third kappa shape index (κ3) is 2.80. The lowest BCUT2D eigenvalue weighted by Gasteiger charge is -2.09. The lowest BCUT2D eigenvalue weighted by molar-refractivity contribution is 0.340. The van der Waals surface area contributed by atoms with Crippen LogP contribution >= 0.6 is 0 Å². The van der Waals surface area contributed by atoms with Crippen molar-refractivity contribution in [2.45, 2.75) is 13.8 Å². The molecule has 3 rings (SSSR count). The maximum atomic E-state index is 12.8. The molecule has 23 heavy (non-hydrogen) atoms. The van der Waals surface area contributed by atoms with Crippen molar-refractivity contribution >= 4 is 11.0 Å². The zero-order valence-electron chi connectivity index (χ0n) is 13.4. The molecule has 0 N–H and O–H groups in total. The molecule has 1 heterocycles. The number of methoxy groups -OCH3 is 1. The van der Waals surface area contributed by atoms with E-state index in [9.17, 15) is 4.79 Å². The summed E-state index contributed by atoms with van der Waals surface area (Å²) in [6.45, 7) is 4.28. The zero-order chi connectivity index (χ0) is 16.4. The van der Waals surface area contributed by atoms with Gasteiger partial charge in [-0.3, -0.25) is 4.79 Å². The Morgan fingerprint density at radius 1 is 1.04 bits per heavy atom. The largest absolute Gasteiger partial charge is 0.497 e. The van der Waals surface area contributed by atoms with Crippen LogP contribution in [-0.4, -0.2) is 13.7 Å². The molecule has 0 aliphatic rings. The van der Waals surface area contributed by atoms with Gasteiger partial charge in [-0.25, -0.2) is 0 Å². The molecule has 0 bridgehead atoms. The maximum absolute atomic E-state index is 12.8. The van der Waals surface area contributed by atoms with Crippen LogP contribution in [0.5, 0.6) is 11.5 Å². The average Bonchev–Trinajstić information content (AvgIpc) is 2.55. The number of benzene rings is 2. The Hall–Kier alpha value is -2.75. The maximum Gasteiger partial charge on any atom is 0.200 e. The first-order chi connectivity index (χ1) is 11.1. The lowest BCUT2D eigenvalue weighted by atomic mass is 10.0. The third-order valence-electron chi connectivity index (χ3n) is 3.73. The topological polar surface area (TPSA) is 48.7 Å². The molecule has 0 aliphatic carbocycles. The molecule has 0 amide bonds. The van der Waals surface area contributed by atoms with Crippen LogP contribution in [0.2, 0.25) is 0 Å². The number of aryl methyl sites for hydroxylation is 1. The first-order valence-corrected chi connectivity index (χ1v) is 7.48. The lowest BCUT2D eigenvalue weighted by Crippen LogP contribution is -2.07. The van der Waals surface area contributed by atoms with E-state index >= 15 is 0 Å². The smallest absolute Gasteiger partial charge is 0.200 e. The van der Waals surface area contributed by atoms with Gasteiger partial charge in [0.15, 0.2) is 0 Å². The minimum absolute atomic E-state index is 0.0445. The van der Waals surface area contributed by atoms with E-state index in [0.29, 0.717) is 34.6 Å². The van der Waals surface area contributed by atoms with Gasteiger partial charge in [-0.2, -0.15) is 0 Å². The van der Waals surface area contributed by atoms with Gasteiger partial charge in [0.1, 0.15) is 22.8 Å². The fourth-order valence-electron chi connectivity index (χ4n) is 2.63. The molecule has 2 aromatic carbocycles. The predicted octanol–water partition coefficient (Wildman–Crippen LogP) is 4.18. The van der Waals surface area contributed by atoms with Crippen LogP contribution in [0.3, 0.4) is 0 Å². The molecule has 0 spiro atoms. The predicted molar refractivity (Wildman–Crippen MR) is 90.4 cm³/mol. The standard InChI is InChI=1S/C19H18O4/c1-4-22-15-9-10-16-17(11-15)23-12(2)18(19(16)20)13-5-7-14(21-3)8-6-13/h5-11H,4H2,1-3H3. The van der Waals surface area contributed by atoms with Crippen molar-refractivity contribution in [1.29, 1.82) is 0 Å². The summed E-state index contributed by atoms with van der Waals surface area (Å²) in [4.78, 5) is 12.8. The molecule has 1 aromatic heterocycles. The van der Waals surface area contributed by atoms with E-state index in [4.69, 9.17) is 13.9 Å². The highest BCUT2D eigenvalue weighted by atomic mass is 16.5. The summed E-state index contributed by atoms with van der Waals surface area (Å²) >= 11 is 0. The fraction of sp³-hybridized carbons (Fsp3) is 0.211. The Morgan fingerprint density at radius 2 is 1.74 bits per heavy atom. The quantitative estimate of drug-likeness (QED) is 0.725. The van der Waals surface area contributed by atoms with Crippen molar-refractivity contribution in [3.05, 3.63) is 58.4 Å². The molecule has 4 nitrogen and oxygen atoms in total. The van der Waals surface area contributed by atoms with Gasteiger partial charge in [0.25, 0.3) is 0 Å². The number of fused-ring (bicyclic) bond motifs is 1. The molecule has 0 saturated heterocycles. The van der Waals surface area contributed by atoms with Gasteiger partial charge in [-0.1, -0.05) is 12.1 Å². The van der Waals surface area contributed by atoms with E-state index in [-0.39, 0.29) is 5.43 Å². The summed E-state index contributed by atoms with van der Waals surface area (Å²) in [5, 5.41) is 0.546. The minimum Gasteiger partial charge on any atom is -0.497 e. The van der Waals surface area contributed by atoms with E-state index in [2.05, 4.69) is 0 Å². The summed E-state index contributed by atoms with van der Waals surface area (Å²) in [5.74, 6) is 2.03. The first kappa shape index (κ1) is 15.2. The van der Waals surface area contributed by atoms with Crippen LogP contribution in [0.25, 0.3) is 22.1 Å². The van der Waals surface area contributed by atoms with Gasteiger partial charge in [-0.05, 0) is 43.7 Å². The molecule has 0 fully saturated rings. The first-order valence-electron chi connectivity index (χ1n) is 7.48. The van der Waals surface area contributed by atoms with Crippen molar-refractivity contribution in [2.24, 2.45) is 0 Å². The highest BCUT2D eigenvalue weighted by molar-refractivity contribution is 5.83. The summed E-state index contributed by atoms with van der Waals surface area (Å²) in [6, 6.07) is 12.7. The van der Waals surface area contributed by atoms with E-state index in [1.54, 1.807) is 32.2 Å². The van der Waals surface area contributed by atoms with Crippen molar-refractivity contribution in [3.8, 4) is 22.6 Å². The van der Waals surface area contributed by atoms with E-state index in [1.165, 1.54) is 0 Å². The Labute approximate surface area is 134 Å². The van der Waals surface area contributed by atoms with Crippen LogP contribution in [0.4, 0.5) is 0 Å². The molecule has 3 aromatic rings. The molecular formula is C19H18O4. The Bertz CT molecular complexity index is 892. The average molecular weight is 310 g/mol. The molecule has 0 atom stereocenters. The van der Waals surface area contributed by atoms with Crippen molar-refractivity contribution in [3.63, 3.8) is 0 Å². The normalized spacial score (nSPS) is 10.7. The van der Waals surface area contributed by atoms with Crippen molar-refractivity contribution in [2.75, 3.05) is 13.7 Å². The van der Waals surface area contributed by atoms with Crippen LogP contribution in [-0.2, 0) is 0 Å². The molecule has 0 aliphatic heterocycles.